The summed E-state index contributed by atoms with van der Waals surface area (Å²) in [5.74, 6) is -2.23. The van der Waals surface area contributed by atoms with E-state index in [-0.39, 0.29) is 48.6 Å². The van der Waals surface area contributed by atoms with E-state index in [0.717, 1.165) is 25.9 Å². The number of nitrogens with one attached hydrogen (secondary N) is 4. The van der Waals surface area contributed by atoms with Gasteiger partial charge >= 0.3 is 6.18 Å². The number of aliphatic imine (C=N–C) groups is 1. The number of carbonyl (C=O) groups excluding carboxylic acids is 1. The molecule has 0 aromatic heterocycles. The van der Waals surface area contributed by atoms with Crippen molar-refractivity contribution >= 4 is 11.9 Å². The molecule has 36 heavy (non-hydrogen) atoms. The summed E-state index contributed by atoms with van der Waals surface area (Å²) >= 11 is 0. The molecule has 0 radical (unpaired) electrons. The second kappa shape index (κ2) is 12.3. The molecule has 0 bridgehead atoms. The first-order valence-corrected chi connectivity index (χ1v) is 13.5. The SMILES string of the molecule is COC1CCNC(CNC(=O)C2CC(CNC3=NCCN3)CC(C3CCC(F)CC3C(F)(F)F)C2)C1. The smallest absolute Gasteiger partial charge is 0.381 e. The summed E-state index contributed by atoms with van der Waals surface area (Å²) in [6.45, 7) is 3.31. The molecule has 0 aromatic carbocycles. The fourth-order valence-electron chi connectivity index (χ4n) is 6.76. The van der Waals surface area contributed by atoms with E-state index in [0.29, 0.717) is 44.9 Å². The molecule has 2 heterocycles. The van der Waals surface area contributed by atoms with Gasteiger partial charge in [-0.2, -0.15) is 13.2 Å². The summed E-state index contributed by atoms with van der Waals surface area (Å²) in [5, 5.41) is 12.9. The number of ether oxygens (including phenoxy) is 1. The zero-order chi connectivity index (χ0) is 25.7. The molecule has 4 N–H and O–H groups in total. The van der Waals surface area contributed by atoms with Crippen molar-refractivity contribution in [3.05, 3.63) is 0 Å². The minimum absolute atomic E-state index is 0.0484. The van der Waals surface area contributed by atoms with Crippen LogP contribution in [-0.2, 0) is 9.53 Å². The van der Waals surface area contributed by atoms with Gasteiger partial charge in [-0.05, 0) is 75.7 Å². The van der Waals surface area contributed by atoms with E-state index in [1.807, 2.05) is 0 Å². The minimum atomic E-state index is -4.43. The summed E-state index contributed by atoms with van der Waals surface area (Å²) in [6.07, 6.45) is -2.33. The second-order valence-corrected chi connectivity index (χ2v) is 11.1. The largest absolute Gasteiger partial charge is 0.392 e. The van der Waals surface area contributed by atoms with Crippen LogP contribution in [0.3, 0.4) is 0 Å². The Hall–Kier alpha value is -1.62. The molecule has 4 aliphatic rings. The van der Waals surface area contributed by atoms with Crippen LogP contribution in [0.5, 0.6) is 0 Å². The zero-order valence-corrected chi connectivity index (χ0v) is 21.1. The van der Waals surface area contributed by atoms with Crippen LogP contribution in [0.15, 0.2) is 4.99 Å². The number of alkyl halides is 4. The molecule has 4 rings (SSSR count). The molecule has 1 amide bonds. The molecule has 8 unspecified atom stereocenters. The van der Waals surface area contributed by atoms with Gasteiger partial charge in [0.05, 0.1) is 18.6 Å². The quantitative estimate of drug-likeness (QED) is 0.389. The fraction of sp³-hybridized carbons (Fsp3) is 0.920. The Morgan fingerprint density at radius 2 is 1.92 bits per heavy atom. The topological polar surface area (TPSA) is 86.8 Å². The maximum atomic E-state index is 14.0. The maximum absolute atomic E-state index is 14.0. The lowest BCUT2D eigenvalue weighted by Gasteiger charge is -2.44. The highest BCUT2D eigenvalue weighted by molar-refractivity contribution is 5.81. The van der Waals surface area contributed by atoms with Crippen LogP contribution in [0.2, 0.25) is 0 Å². The number of nitrogens with zero attached hydrogens (tertiary/aromatic N) is 1. The van der Waals surface area contributed by atoms with E-state index < -0.39 is 30.6 Å². The van der Waals surface area contributed by atoms with Crippen molar-refractivity contribution in [2.75, 3.05) is 39.8 Å². The first-order chi connectivity index (χ1) is 17.2. The van der Waals surface area contributed by atoms with Crippen molar-refractivity contribution in [3.8, 4) is 0 Å². The van der Waals surface area contributed by atoms with Gasteiger partial charge in [-0.25, -0.2) is 4.39 Å². The van der Waals surface area contributed by atoms with Gasteiger partial charge in [0.15, 0.2) is 5.96 Å². The second-order valence-electron chi connectivity index (χ2n) is 11.1. The Morgan fingerprint density at radius 3 is 2.64 bits per heavy atom. The van der Waals surface area contributed by atoms with E-state index in [4.69, 9.17) is 4.74 Å². The number of methoxy groups -OCH3 is 1. The average molecular weight is 520 g/mol. The van der Waals surface area contributed by atoms with Gasteiger partial charge in [0, 0.05) is 38.7 Å². The molecule has 11 heteroatoms. The highest BCUT2D eigenvalue weighted by Gasteiger charge is 2.51. The molecule has 0 aromatic rings. The Balaban J connectivity index is 1.41. The Labute approximate surface area is 211 Å². The third-order valence-electron chi connectivity index (χ3n) is 8.61. The number of carbonyl (C=O) groups is 1. The third-order valence-corrected chi connectivity index (χ3v) is 8.61. The summed E-state index contributed by atoms with van der Waals surface area (Å²) in [6, 6.07) is 0.116. The molecule has 1 saturated heterocycles. The van der Waals surface area contributed by atoms with Crippen molar-refractivity contribution in [1.82, 2.24) is 21.3 Å². The summed E-state index contributed by atoms with van der Waals surface area (Å²) < 4.78 is 61.2. The van der Waals surface area contributed by atoms with Crippen LogP contribution < -0.4 is 21.3 Å². The van der Waals surface area contributed by atoms with Crippen molar-refractivity contribution in [1.29, 1.82) is 0 Å². The van der Waals surface area contributed by atoms with Crippen LogP contribution in [0.1, 0.15) is 51.4 Å². The van der Waals surface area contributed by atoms with Crippen molar-refractivity contribution in [2.45, 2.75) is 75.9 Å². The minimum Gasteiger partial charge on any atom is -0.381 e. The van der Waals surface area contributed by atoms with Gasteiger partial charge in [-0.3, -0.25) is 9.79 Å². The fourth-order valence-corrected chi connectivity index (χ4v) is 6.76. The molecule has 0 spiro atoms. The molecule has 8 atom stereocenters. The highest BCUT2D eigenvalue weighted by Crippen LogP contribution is 2.50. The molecule has 206 valence electrons. The number of rotatable bonds is 7. The van der Waals surface area contributed by atoms with Crippen LogP contribution in [0.25, 0.3) is 0 Å². The molecule has 2 saturated carbocycles. The van der Waals surface area contributed by atoms with E-state index in [1.165, 1.54) is 0 Å². The monoisotopic (exact) mass is 519 g/mol. The van der Waals surface area contributed by atoms with Crippen LogP contribution in [0.4, 0.5) is 17.6 Å². The van der Waals surface area contributed by atoms with E-state index >= 15 is 0 Å². The first kappa shape index (κ1) is 27.4. The van der Waals surface area contributed by atoms with Gasteiger partial charge in [0.1, 0.15) is 6.17 Å². The molecule has 7 nitrogen and oxygen atoms in total. The number of hydrogen-bond acceptors (Lipinski definition) is 6. The van der Waals surface area contributed by atoms with E-state index in [2.05, 4.69) is 26.3 Å². The summed E-state index contributed by atoms with van der Waals surface area (Å²) in [5.41, 5.74) is 0. The van der Waals surface area contributed by atoms with Gasteiger partial charge in [-0.15, -0.1) is 0 Å². The van der Waals surface area contributed by atoms with Crippen molar-refractivity contribution < 1.29 is 27.1 Å². The summed E-state index contributed by atoms with van der Waals surface area (Å²) in [7, 11) is 1.69. The Kier molecular flexibility index (Phi) is 9.35. The van der Waals surface area contributed by atoms with Gasteiger partial charge < -0.3 is 26.0 Å². The van der Waals surface area contributed by atoms with Crippen molar-refractivity contribution in [3.63, 3.8) is 0 Å². The molecule has 3 fully saturated rings. The lowest BCUT2D eigenvalue weighted by Crippen LogP contribution is -2.50. The van der Waals surface area contributed by atoms with Crippen LogP contribution >= 0.6 is 0 Å². The van der Waals surface area contributed by atoms with Crippen LogP contribution in [-0.4, -0.2) is 76.2 Å². The zero-order valence-electron chi connectivity index (χ0n) is 21.1. The Morgan fingerprint density at radius 1 is 1.08 bits per heavy atom. The van der Waals surface area contributed by atoms with Gasteiger partial charge in [0.2, 0.25) is 5.91 Å². The van der Waals surface area contributed by atoms with E-state index in [9.17, 15) is 22.4 Å². The van der Waals surface area contributed by atoms with Gasteiger partial charge in [0.25, 0.3) is 0 Å². The Bertz CT molecular complexity index is 767. The maximum Gasteiger partial charge on any atom is 0.392 e. The predicted molar refractivity (Wildman–Crippen MR) is 129 cm³/mol. The number of amides is 1. The van der Waals surface area contributed by atoms with Crippen LogP contribution in [0, 0.1) is 29.6 Å². The van der Waals surface area contributed by atoms with E-state index in [1.54, 1.807) is 7.11 Å². The van der Waals surface area contributed by atoms with Crippen molar-refractivity contribution in [2.24, 2.45) is 34.6 Å². The molecular formula is C25H41F4N5O2. The molecular weight excluding hydrogens is 478 g/mol. The highest BCUT2D eigenvalue weighted by atomic mass is 19.4. The third kappa shape index (κ3) is 7.24. The lowest BCUT2D eigenvalue weighted by molar-refractivity contribution is -0.209. The molecule has 2 aliphatic carbocycles. The number of piperidine rings is 1. The summed E-state index contributed by atoms with van der Waals surface area (Å²) in [4.78, 5) is 17.6. The lowest BCUT2D eigenvalue weighted by atomic mass is 9.63. The first-order valence-electron chi connectivity index (χ1n) is 13.5. The standard InChI is InChI=1S/C25H41F4N5O2/c1-36-20-4-5-30-19(12-20)14-33-23(35)17-9-15(13-34-24-31-6-7-32-24)8-16(10-17)21-3-2-18(26)11-22(21)25(27,28)29/h15-22,30H,2-14H2,1H3,(H,33,35)(H2,31,32,34). The number of halogens is 4. The molecule has 2 aliphatic heterocycles. The average Bonchev–Trinajstić information content (AvgIpc) is 3.39. The van der Waals surface area contributed by atoms with Gasteiger partial charge in [-0.1, -0.05) is 0 Å². The normalized spacial score (nSPS) is 37.6. The number of guanidine groups is 1. The number of hydrogen-bond donors (Lipinski definition) is 4. The predicted octanol–water partition coefficient (Wildman–Crippen LogP) is 2.77.